The fourth-order valence-electron chi connectivity index (χ4n) is 3.27. The molecule has 3 aliphatic rings. The number of hydrogen-bond donors (Lipinski definition) is 2. The van der Waals surface area contributed by atoms with Crippen LogP contribution >= 0.6 is 0 Å². The van der Waals surface area contributed by atoms with E-state index < -0.39 is 0 Å². The maximum atomic E-state index is 12.1. The zero-order valence-electron chi connectivity index (χ0n) is 12.3. The van der Waals surface area contributed by atoms with Crippen LogP contribution < -0.4 is 5.32 Å². The lowest BCUT2D eigenvalue weighted by Crippen LogP contribution is -2.48. The van der Waals surface area contributed by atoms with Crippen LogP contribution in [0.25, 0.3) is 0 Å². The van der Waals surface area contributed by atoms with Crippen molar-refractivity contribution in [3.05, 3.63) is 0 Å². The summed E-state index contributed by atoms with van der Waals surface area (Å²) in [5, 5.41) is 12.2. The van der Waals surface area contributed by atoms with Crippen molar-refractivity contribution in [2.75, 3.05) is 32.8 Å². The average Bonchev–Trinajstić information content (AvgIpc) is 3.29. The molecule has 0 radical (unpaired) electrons. The molecule has 114 valence electrons. The van der Waals surface area contributed by atoms with Crippen molar-refractivity contribution < 1.29 is 9.90 Å². The summed E-state index contributed by atoms with van der Waals surface area (Å²) in [6.07, 6.45) is 7.26. The summed E-state index contributed by atoms with van der Waals surface area (Å²) in [4.78, 5) is 16.8. The lowest BCUT2D eigenvalue weighted by atomic mass is 10.0. The van der Waals surface area contributed by atoms with E-state index in [1.807, 2.05) is 0 Å². The average molecular weight is 281 g/mol. The van der Waals surface area contributed by atoms with Crippen molar-refractivity contribution in [2.45, 2.75) is 56.7 Å². The third-order valence-electron chi connectivity index (χ3n) is 4.76. The second-order valence-electron chi connectivity index (χ2n) is 6.53. The largest absolute Gasteiger partial charge is 0.395 e. The lowest BCUT2D eigenvalue weighted by Gasteiger charge is -2.32. The van der Waals surface area contributed by atoms with Crippen LogP contribution in [-0.4, -0.2) is 71.7 Å². The van der Waals surface area contributed by atoms with Gasteiger partial charge in [-0.15, -0.1) is 0 Å². The summed E-state index contributed by atoms with van der Waals surface area (Å²) in [6.45, 7) is 3.49. The van der Waals surface area contributed by atoms with Gasteiger partial charge in [0.1, 0.15) is 0 Å². The molecule has 1 aliphatic heterocycles. The van der Waals surface area contributed by atoms with Gasteiger partial charge < -0.3 is 15.3 Å². The molecule has 0 aromatic heterocycles. The first kappa shape index (κ1) is 14.3. The first-order valence-corrected chi connectivity index (χ1v) is 8.14. The van der Waals surface area contributed by atoms with E-state index in [4.69, 9.17) is 5.11 Å². The highest BCUT2D eigenvalue weighted by Crippen LogP contribution is 2.29. The van der Waals surface area contributed by atoms with Crippen LogP contribution in [0.5, 0.6) is 0 Å². The Morgan fingerprint density at radius 1 is 1.15 bits per heavy atom. The van der Waals surface area contributed by atoms with Gasteiger partial charge in [0.25, 0.3) is 0 Å². The predicted octanol–water partition coefficient (Wildman–Crippen LogP) is 0.186. The van der Waals surface area contributed by atoms with Crippen LogP contribution in [0.2, 0.25) is 0 Å². The van der Waals surface area contributed by atoms with Crippen molar-refractivity contribution in [1.82, 2.24) is 15.1 Å². The highest BCUT2D eigenvalue weighted by atomic mass is 16.3. The Morgan fingerprint density at radius 2 is 1.85 bits per heavy atom. The molecular formula is C15H27N3O2. The number of aliphatic hydroxyl groups excluding tert-OH is 1. The molecule has 0 aromatic carbocycles. The van der Waals surface area contributed by atoms with Gasteiger partial charge in [-0.05, 0) is 38.5 Å². The Morgan fingerprint density at radius 3 is 2.40 bits per heavy atom. The fraction of sp³-hybridized carbons (Fsp3) is 0.933. The van der Waals surface area contributed by atoms with Crippen molar-refractivity contribution in [3.8, 4) is 0 Å². The fourth-order valence-corrected chi connectivity index (χ4v) is 3.27. The number of nitrogens with zero attached hydrogens (tertiary/aromatic N) is 2. The molecule has 3 fully saturated rings. The first-order chi connectivity index (χ1) is 9.76. The lowest BCUT2D eigenvalue weighted by molar-refractivity contribution is -0.123. The van der Waals surface area contributed by atoms with Gasteiger partial charge in [0.05, 0.1) is 13.2 Å². The van der Waals surface area contributed by atoms with E-state index in [1.165, 1.54) is 25.7 Å². The third kappa shape index (κ3) is 3.93. The van der Waals surface area contributed by atoms with Crippen molar-refractivity contribution in [1.29, 1.82) is 0 Å². The van der Waals surface area contributed by atoms with Gasteiger partial charge in [0, 0.05) is 37.8 Å². The number of hydrogen-bond acceptors (Lipinski definition) is 4. The molecular weight excluding hydrogens is 254 g/mol. The van der Waals surface area contributed by atoms with Gasteiger partial charge in [-0.25, -0.2) is 0 Å². The molecule has 5 nitrogen and oxygen atoms in total. The number of amides is 1. The van der Waals surface area contributed by atoms with Gasteiger partial charge in [-0.2, -0.15) is 0 Å². The van der Waals surface area contributed by atoms with Gasteiger partial charge in [-0.1, -0.05) is 0 Å². The monoisotopic (exact) mass is 281 g/mol. The molecule has 0 atom stereocenters. The SMILES string of the molecule is O=C(CN(CCO)C1CC1)NC1CCN(C2CC2)CC1. The molecule has 0 unspecified atom stereocenters. The summed E-state index contributed by atoms with van der Waals surface area (Å²) < 4.78 is 0. The Kier molecular flexibility index (Phi) is 4.58. The molecule has 5 heteroatoms. The minimum atomic E-state index is 0.134. The van der Waals surface area contributed by atoms with Gasteiger partial charge in [0.15, 0.2) is 0 Å². The number of aliphatic hydroxyl groups is 1. The second-order valence-corrected chi connectivity index (χ2v) is 6.53. The molecule has 20 heavy (non-hydrogen) atoms. The predicted molar refractivity (Wildman–Crippen MR) is 77.4 cm³/mol. The van der Waals surface area contributed by atoms with Gasteiger partial charge in [-0.3, -0.25) is 9.69 Å². The van der Waals surface area contributed by atoms with E-state index in [9.17, 15) is 4.79 Å². The standard InChI is InChI=1S/C15H27N3O2/c19-10-9-18(14-3-4-14)11-15(20)16-12-5-7-17(8-6-12)13-1-2-13/h12-14,19H,1-11H2,(H,16,20). The van der Waals surface area contributed by atoms with Crippen molar-refractivity contribution >= 4 is 5.91 Å². The number of piperidine rings is 1. The van der Waals surface area contributed by atoms with Crippen LogP contribution in [-0.2, 0) is 4.79 Å². The molecule has 3 rings (SSSR count). The summed E-state index contributed by atoms with van der Waals surface area (Å²) in [5.74, 6) is 0.134. The number of likely N-dealkylation sites (tertiary alicyclic amines) is 1. The van der Waals surface area contributed by atoms with Crippen LogP contribution in [0.3, 0.4) is 0 Å². The molecule has 1 heterocycles. The van der Waals surface area contributed by atoms with Crippen LogP contribution in [0.4, 0.5) is 0 Å². The third-order valence-corrected chi connectivity index (χ3v) is 4.76. The number of nitrogens with one attached hydrogen (secondary N) is 1. The maximum absolute atomic E-state index is 12.1. The summed E-state index contributed by atoms with van der Waals surface area (Å²) in [5.41, 5.74) is 0. The molecule has 0 bridgehead atoms. The minimum Gasteiger partial charge on any atom is -0.395 e. The molecule has 2 N–H and O–H groups in total. The number of carbonyl (C=O) groups is 1. The molecule has 2 aliphatic carbocycles. The first-order valence-electron chi connectivity index (χ1n) is 8.14. The summed E-state index contributed by atoms with van der Waals surface area (Å²) in [6, 6.07) is 1.74. The zero-order valence-corrected chi connectivity index (χ0v) is 12.3. The van der Waals surface area contributed by atoms with E-state index in [2.05, 4.69) is 15.1 Å². The van der Waals surface area contributed by atoms with E-state index in [0.717, 1.165) is 32.0 Å². The van der Waals surface area contributed by atoms with Crippen LogP contribution in [0, 0.1) is 0 Å². The number of rotatable bonds is 7. The van der Waals surface area contributed by atoms with E-state index in [0.29, 0.717) is 25.2 Å². The molecule has 0 aromatic rings. The second kappa shape index (κ2) is 6.41. The van der Waals surface area contributed by atoms with Crippen molar-refractivity contribution in [3.63, 3.8) is 0 Å². The topological polar surface area (TPSA) is 55.8 Å². The summed E-state index contributed by atoms with van der Waals surface area (Å²) >= 11 is 0. The maximum Gasteiger partial charge on any atom is 0.234 e. The highest BCUT2D eigenvalue weighted by Gasteiger charge is 2.33. The highest BCUT2D eigenvalue weighted by molar-refractivity contribution is 5.78. The molecule has 1 saturated heterocycles. The molecule has 0 spiro atoms. The Hall–Kier alpha value is -0.650. The van der Waals surface area contributed by atoms with E-state index in [1.54, 1.807) is 0 Å². The van der Waals surface area contributed by atoms with Gasteiger partial charge in [0.2, 0.25) is 5.91 Å². The normalized spacial score (nSPS) is 25.1. The minimum absolute atomic E-state index is 0.134. The Balaban J connectivity index is 1.37. The Labute approximate surface area is 121 Å². The Bertz CT molecular complexity index is 334. The van der Waals surface area contributed by atoms with Crippen molar-refractivity contribution in [2.24, 2.45) is 0 Å². The van der Waals surface area contributed by atoms with Crippen LogP contribution in [0.15, 0.2) is 0 Å². The van der Waals surface area contributed by atoms with Gasteiger partial charge >= 0.3 is 0 Å². The molecule has 2 saturated carbocycles. The molecule has 1 amide bonds. The number of carbonyl (C=O) groups excluding carboxylic acids is 1. The van der Waals surface area contributed by atoms with E-state index in [-0.39, 0.29) is 12.5 Å². The van der Waals surface area contributed by atoms with Crippen LogP contribution in [0.1, 0.15) is 38.5 Å². The quantitative estimate of drug-likeness (QED) is 0.699. The van der Waals surface area contributed by atoms with E-state index >= 15 is 0 Å². The summed E-state index contributed by atoms with van der Waals surface area (Å²) in [7, 11) is 0. The smallest absolute Gasteiger partial charge is 0.234 e. The zero-order chi connectivity index (χ0) is 13.9.